The van der Waals surface area contributed by atoms with Crippen molar-refractivity contribution < 1.29 is 24.5 Å². The normalized spacial score (nSPS) is 13.5. The summed E-state index contributed by atoms with van der Waals surface area (Å²) in [5.74, 6) is -1.67. The Kier molecular flexibility index (Phi) is 11.4. The van der Waals surface area contributed by atoms with Crippen LogP contribution in [0.2, 0.25) is 10.0 Å². The molecule has 2 aliphatic rings. The number of aromatic carboxylic acids is 2. The smallest absolute Gasteiger partial charge is 0.337 e. The minimum atomic E-state index is -1.09. The summed E-state index contributed by atoms with van der Waals surface area (Å²) in [5.41, 5.74) is 9.86. The number of methoxy groups -OCH3 is 1. The van der Waals surface area contributed by atoms with Gasteiger partial charge in [-0.05, 0) is 69.8 Å². The van der Waals surface area contributed by atoms with E-state index in [1.807, 2.05) is 78.9 Å². The first-order valence-corrected chi connectivity index (χ1v) is 18.3. The molecule has 3 N–H and O–H groups in total. The maximum absolute atomic E-state index is 11.8. The third-order valence-electron chi connectivity index (χ3n) is 9.32. The first-order valence-electron chi connectivity index (χ1n) is 17.6. The van der Waals surface area contributed by atoms with E-state index in [9.17, 15) is 24.6 Å². The van der Waals surface area contributed by atoms with Crippen molar-refractivity contribution in [3.05, 3.63) is 199 Å². The van der Waals surface area contributed by atoms with Crippen LogP contribution in [-0.2, 0) is 0 Å². The van der Waals surface area contributed by atoms with Gasteiger partial charge < -0.3 is 19.9 Å². The zero-order valence-corrected chi connectivity index (χ0v) is 31.8. The van der Waals surface area contributed by atoms with Crippen LogP contribution >= 0.6 is 23.2 Å². The molecule has 0 unspecified atom stereocenters. The van der Waals surface area contributed by atoms with Crippen LogP contribution in [0, 0.1) is 0 Å². The van der Waals surface area contributed by atoms with E-state index >= 15 is 0 Å². The number of rotatable bonds is 9. The number of nitrogens with one attached hydrogen (secondary N) is 1. The number of ether oxygens (including phenoxy) is 1. The van der Waals surface area contributed by atoms with Gasteiger partial charge in [0.1, 0.15) is 0 Å². The van der Waals surface area contributed by atoms with Gasteiger partial charge in [0.25, 0.3) is 0 Å². The number of carboxylic acids is 2. The van der Waals surface area contributed by atoms with Crippen LogP contribution < -0.4 is 10.3 Å². The maximum Gasteiger partial charge on any atom is 0.337 e. The van der Waals surface area contributed by atoms with Gasteiger partial charge in [0.2, 0.25) is 11.4 Å². The number of aromatic nitrogens is 2. The molecule has 282 valence electrons. The van der Waals surface area contributed by atoms with Gasteiger partial charge in [-0.3, -0.25) is 14.8 Å². The molecule has 0 saturated heterocycles. The van der Waals surface area contributed by atoms with Gasteiger partial charge in [-0.15, -0.1) is 0 Å². The highest BCUT2D eigenvalue weighted by Gasteiger charge is 2.25. The second kappa shape index (κ2) is 16.9. The average molecular weight is 796 g/mol. The molecule has 0 amide bonds. The number of aliphatic imine (C=N–C) groups is 2. The van der Waals surface area contributed by atoms with Gasteiger partial charge in [0, 0.05) is 48.5 Å². The summed E-state index contributed by atoms with van der Waals surface area (Å²) < 4.78 is 5.26. The molecule has 0 radical (unpaired) electrons. The van der Waals surface area contributed by atoms with E-state index in [1.54, 1.807) is 55.9 Å². The summed E-state index contributed by atoms with van der Waals surface area (Å²) in [6, 6.07) is 36.6. The predicted octanol–water partition coefficient (Wildman–Crippen LogP) is 9.69. The van der Waals surface area contributed by atoms with Gasteiger partial charge in [0.15, 0.2) is 0 Å². The number of aromatic amines is 1. The number of carboxylic acid groups (broad SMARTS) is 2. The molecule has 0 aliphatic carbocycles. The van der Waals surface area contributed by atoms with Crippen LogP contribution in [0.3, 0.4) is 0 Å². The zero-order chi connectivity index (χ0) is 40.1. The predicted molar refractivity (Wildman–Crippen MR) is 223 cm³/mol. The van der Waals surface area contributed by atoms with Crippen molar-refractivity contribution in [2.75, 3.05) is 7.11 Å². The topological polar surface area (TPSA) is 154 Å². The van der Waals surface area contributed by atoms with E-state index < -0.39 is 11.9 Å². The standard InChI is InChI=1S/C23H17ClN2O3.C22H15ClN2O3/c1-29-21-12-16(9-10-25-21)22-17(13-20(26-22)14-5-3-2-4-6-14)15-7-8-19(24)18(11-15)23(27)28;23-18-7-6-14(10-17(18)22(27)28)16-12-19(13-4-2-1-3-5-13)25-21(16)15-8-9-24-20(26)11-15/h2-12H,13H2,1H3,(H,27,28);1-11H,12H2,(H,24,26)(H,27,28). The van der Waals surface area contributed by atoms with Crippen molar-refractivity contribution in [3.8, 4) is 5.88 Å². The van der Waals surface area contributed by atoms with Gasteiger partial charge >= 0.3 is 11.9 Å². The summed E-state index contributed by atoms with van der Waals surface area (Å²) >= 11 is 12.1. The average Bonchev–Trinajstić information content (AvgIpc) is 3.89. The molecule has 4 aromatic carbocycles. The lowest BCUT2D eigenvalue weighted by molar-refractivity contribution is 0.0686. The molecule has 8 rings (SSSR count). The number of allylic oxidation sites excluding steroid dienone is 2. The van der Waals surface area contributed by atoms with Crippen LogP contribution in [0.1, 0.15) is 66.9 Å². The number of benzene rings is 4. The Labute approximate surface area is 336 Å². The van der Waals surface area contributed by atoms with Gasteiger partial charge in [0.05, 0.1) is 51.1 Å². The van der Waals surface area contributed by atoms with Crippen LogP contribution in [0.25, 0.3) is 22.5 Å². The monoisotopic (exact) mass is 794 g/mol. The fourth-order valence-corrected chi connectivity index (χ4v) is 6.95. The highest BCUT2D eigenvalue weighted by molar-refractivity contribution is 6.34. The van der Waals surface area contributed by atoms with E-state index in [0.29, 0.717) is 35.5 Å². The number of carbonyl (C=O) groups is 2. The lowest BCUT2D eigenvalue weighted by Crippen LogP contribution is -2.03. The Hall–Kier alpha value is -6.88. The van der Waals surface area contributed by atoms with Crippen molar-refractivity contribution in [3.63, 3.8) is 0 Å². The Morgan fingerprint density at radius 2 is 1.11 bits per heavy atom. The molecule has 0 bridgehead atoms. The minimum absolute atomic E-state index is 0.0325. The van der Waals surface area contributed by atoms with Crippen LogP contribution in [0.4, 0.5) is 0 Å². The van der Waals surface area contributed by atoms with Gasteiger partial charge in [-0.25, -0.2) is 14.6 Å². The molecule has 0 atom stereocenters. The van der Waals surface area contributed by atoms with E-state index in [2.05, 4.69) is 9.97 Å². The zero-order valence-electron chi connectivity index (χ0n) is 30.2. The molecule has 12 heteroatoms. The highest BCUT2D eigenvalue weighted by Crippen LogP contribution is 2.40. The number of H-pyrrole nitrogens is 1. The lowest BCUT2D eigenvalue weighted by Gasteiger charge is -2.09. The molecule has 0 spiro atoms. The van der Waals surface area contributed by atoms with Gasteiger partial charge in [-0.1, -0.05) is 96.0 Å². The Bertz CT molecular complexity index is 2720. The third kappa shape index (κ3) is 8.52. The molecule has 57 heavy (non-hydrogen) atoms. The van der Waals surface area contributed by atoms with Crippen molar-refractivity contribution >= 4 is 69.1 Å². The Morgan fingerprint density at radius 3 is 1.56 bits per heavy atom. The van der Waals surface area contributed by atoms with Crippen LogP contribution in [-0.4, -0.2) is 50.7 Å². The molecule has 2 aliphatic heterocycles. The minimum Gasteiger partial charge on any atom is -0.481 e. The highest BCUT2D eigenvalue weighted by atomic mass is 35.5. The number of halogens is 2. The molecular weight excluding hydrogens is 763 g/mol. The Balaban J connectivity index is 0.000000174. The fraction of sp³-hybridized carbons (Fsp3) is 0.0667. The molecular formula is C45H32Cl2N4O6. The lowest BCUT2D eigenvalue weighted by atomic mass is 9.95. The first-order chi connectivity index (χ1) is 27.6. The summed E-state index contributed by atoms with van der Waals surface area (Å²) in [7, 11) is 1.56. The number of pyridine rings is 2. The summed E-state index contributed by atoms with van der Waals surface area (Å²) in [6.07, 6.45) is 4.33. The molecule has 2 aromatic heterocycles. The van der Waals surface area contributed by atoms with Crippen molar-refractivity contribution in [2.45, 2.75) is 12.8 Å². The Morgan fingerprint density at radius 1 is 0.614 bits per heavy atom. The largest absolute Gasteiger partial charge is 0.481 e. The third-order valence-corrected chi connectivity index (χ3v) is 9.98. The quantitative estimate of drug-likeness (QED) is 0.132. The number of hydrogen-bond acceptors (Lipinski definition) is 7. The van der Waals surface area contributed by atoms with Crippen LogP contribution in [0.15, 0.2) is 149 Å². The van der Waals surface area contributed by atoms with Crippen molar-refractivity contribution in [1.82, 2.24) is 9.97 Å². The van der Waals surface area contributed by atoms with E-state index in [-0.39, 0.29) is 26.7 Å². The number of nitrogens with zero attached hydrogens (tertiary/aromatic N) is 3. The van der Waals surface area contributed by atoms with Crippen molar-refractivity contribution in [2.24, 2.45) is 9.98 Å². The van der Waals surface area contributed by atoms with E-state index in [4.69, 9.17) is 37.9 Å². The molecule has 10 nitrogen and oxygen atoms in total. The second-order valence-electron chi connectivity index (χ2n) is 12.9. The summed E-state index contributed by atoms with van der Waals surface area (Å²) in [6.45, 7) is 0. The fourth-order valence-electron chi connectivity index (χ4n) is 6.55. The molecule has 0 fully saturated rings. The second-order valence-corrected chi connectivity index (χ2v) is 13.7. The molecule has 6 aromatic rings. The van der Waals surface area contributed by atoms with Gasteiger partial charge in [-0.2, -0.15) is 0 Å². The maximum atomic E-state index is 11.8. The molecule has 0 saturated carbocycles. The van der Waals surface area contributed by atoms with E-state index in [1.165, 1.54) is 6.07 Å². The van der Waals surface area contributed by atoms with E-state index in [0.717, 1.165) is 50.5 Å². The summed E-state index contributed by atoms with van der Waals surface area (Å²) in [5, 5.41) is 19.3. The first kappa shape index (κ1) is 38.4. The summed E-state index contributed by atoms with van der Waals surface area (Å²) in [4.78, 5) is 51.3. The SMILES string of the molecule is COc1cc(C2=C(c3ccc(Cl)c(C(=O)O)c3)CC(c3ccccc3)=N2)ccn1.O=C(O)c1cc(C2=C(c3cc[nH]c(=O)c3)N=C(c3ccccc3)C2)ccc1Cl. The number of hydrogen-bond donors (Lipinski definition) is 3. The van der Waals surface area contributed by atoms with Crippen molar-refractivity contribution in [1.29, 1.82) is 0 Å². The van der Waals surface area contributed by atoms with Crippen LogP contribution in [0.5, 0.6) is 5.88 Å². The molecule has 4 heterocycles.